The summed E-state index contributed by atoms with van der Waals surface area (Å²) in [7, 11) is 1.45. The maximum absolute atomic E-state index is 12.3. The Bertz CT molecular complexity index is 258. The average Bonchev–Trinajstić information content (AvgIpc) is 2.05. The molecule has 1 aromatic heterocycles. The summed E-state index contributed by atoms with van der Waals surface area (Å²) in [6.45, 7) is 3.50. The first-order valence-corrected chi connectivity index (χ1v) is 2.95. The van der Waals surface area contributed by atoms with Gasteiger partial charge in [-0.2, -0.15) is 0 Å². The third-order valence-electron chi connectivity index (χ3n) is 1.12. The molecule has 0 atom stereocenters. The van der Waals surface area contributed by atoms with Crippen LogP contribution in [-0.4, -0.2) is 17.1 Å². The largest absolute Gasteiger partial charge is 0.493 e. The molecule has 0 aliphatic rings. The Morgan fingerprint density at radius 2 is 2.09 bits per heavy atom. The molecule has 1 heterocycles. The smallest absolute Gasteiger partial charge is 0.194 e. The summed E-state index contributed by atoms with van der Waals surface area (Å²) >= 11 is 0. The normalized spacial score (nSPS) is 9.27. The van der Waals surface area contributed by atoms with Crippen molar-refractivity contribution in [1.29, 1.82) is 0 Å². The fourth-order valence-electron chi connectivity index (χ4n) is 0.548. The lowest BCUT2D eigenvalue weighted by Crippen LogP contribution is -1.94. The summed E-state index contributed by atoms with van der Waals surface area (Å²) in [4.78, 5) is 7.28. The molecule has 0 N–H and O–H groups in total. The van der Waals surface area contributed by atoms with E-state index in [1.165, 1.54) is 7.11 Å². The predicted octanol–water partition coefficient (Wildman–Crippen LogP) is 1.23. The van der Waals surface area contributed by atoms with Crippen LogP contribution in [0.2, 0.25) is 0 Å². The van der Waals surface area contributed by atoms with E-state index < -0.39 is 5.82 Å². The Morgan fingerprint density at radius 1 is 1.55 bits per heavy atom. The quantitative estimate of drug-likeness (QED) is 0.601. The van der Waals surface area contributed by atoms with Crippen LogP contribution in [0, 0.1) is 5.82 Å². The summed E-state index contributed by atoms with van der Waals surface area (Å²) in [5.74, 6) is 0.150. The van der Waals surface area contributed by atoms with Gasteiger partial charge in [0.05, 0.1) is 19.5 Å². The van der Waals surface area contributed by atoms with E-state index in [9.17, 15) is 4.39 Å². The van der Waals surface area contributed by atoms with Gasteiger partial charge in [0.25, 0.3) is 0 Å². The van der Waals surface area contributed by atoms with Crippen molar-refractivity contribution in [3.05, 3.63) is 30.6 Å². The molecule has 58 valence electrons. The molecule has 0 aliphatic carbocycles. The zero-order chi connectivity index (χ0) is 8.27. The number of hydrogen-bond donors (Lipinski definition) is 0. The molecule has 0 bridgehead atoms. The minimum Gasteiger partial charge on any atom is -0.493 e. The summed E-state index contributed by atoms with van der Waals surface area (Å²) in [5.41, 5.74) is 0. The van der Waals surface area contributed by atoms with E-state index in [1.54, 1.807) is 0 Å². The number of halogens is 1. The van der Waals surface area contributed by atoms with E-state index in [4.69, 9.17) is 4.74 Å². The molecule has 1 rings (SSSR count). The second kappa shape index (κ2) is 3.09. The van der Waals surface area contributed by atoms with Gasteiger partial charge in [-0.05, 0) is 0 Å². The van der Waals surface area contributed by atoms with Gasteiger partial charge in [0, 0.05) is 0 Å². The molecule has 0 aliphatic heterocycles. The van der Waals surface area contributed by atoms with E-state index in [2.05, 4.69) is 16.5 Å². The van der Waals surface area contributed by atoms with Crippen LogP contribution in [0.4, 0.5) is 4.39 Å². The minimum absolute atomic E-state index is 0.300. The molecule has 4 heteroatoms. The molecule has 1 aromatic rings. The van der Waals surface area contributed by atoms with Gasteiger partial charge in [0.15, 0.2) is 17.4 Å². The lowest BCUT2D eigenvalue weighted by Gasteiger charge is -1.99. The van der Waals surface area contributed by atoms with Crippen LogP contribution in [0.25, 0.3) is 5.76 Å². The van der Waals surface area contributed by atoms with Gasteiger partial charge in [-0.15, -0.1) is 0 Å². The highest BCUT2D eigenvalue weighted by molar-refractivity contribution is 5.48. The lowest BCUT2D eigenvalue weighted by molar-refractivity contribution is 0.367. The molecule has 3 nitrogen and oxygen atoms in total. The van der Waals surface area contributed by atoms with Crippen LogP contribution in [0.3, 0.4) is 0 Å². The van der Waals surface area contributed by atoms with Crippen LogP contribution >= 0.6 is 0 Å². The number of aromatic nitrogens is 2. The Hall–Kier alpha value is -1.45. The number of methoxy groups -OCH3 is 1. The first kappa shape index (κ1) is 7.65. The number of ether oxygens (including phenoxy) is 1. The molecule has 0 aromatic carbocycles. The molecule has 0 saturated heterocycles. The van der Waals surface area contributed by atoms with Crippen molar-refractivity contribution in [1.82, 2.24) is 9.97 Å². The highest BCUT2D eigenvalue weighted by Gasteiger charge is 2.00. The lowest BCUT2D eigenvalue weighted by atomic mass is 10.5. The molecule has 11 heavy (non-hydrogen) atoms. The van der Waals surface area contributed by atoms with Gasteiger partial charge in [0.1, 0.15) is 0 Å². The average molecular weight is 154 g/mol. The second-order valence-electron chi connectivity index (χ2n) is 1.85. The van der Waals surface area contributed by atoms with Gasteiger partial charge >= 0.3 is 0 Å². The molecule has 0 radical (unpaired) electrons. The highest BCUT2D eigenvalue weighted by Crippen LogP contribution is 2.05. The number of hydrogen-bond acceptors (Lipinski definition) is 3. The third-order valence-corrected chi connectivity index (χ3v) is 1.12. The Morgan fingerprint density at radius 3 is 2.55 bits per heavy atom. The van der Waals surface area contributed by atoms with Crippen molar-refractivity contribution in [2.24, 2.45) is 0 Å². The van der Waals surface area contributed by atoms with Crippen LogP contribution in [0.1, 0.15) is 5.82 Å². The summed E-state index contributed by atoms with van der Waals surface area (Å²) < 4.78 is 17.0. The summed E-state index contributed by atoms with van der Waals surface area (Å²) in [5, 5.41) is 0. The summed E-state index contributed by atoms with van der Waals surface area (Å²) in [6, 6.07) is 0. The Labute approximate surface area is 63.6 Å². The third kappa shape index (κ3) is 1.73. The predicted molar refractivity (Wildman–Crippen MR) is 38.0 cm³/mol. The van der Waals surface area contributed by atoms with E-state index in [-0.39, 0.29) is 0 Å². The van der Waals surface area contributed by atoms with Gasteiger partial charge in [-0.25, -0.2) is 14.4 Å². The molecular weight excluding hydrogens is 147 g/mol. The van der Waals surface area contributed by atoms with Gasteiger partial charge in [-0.3, -0.25) is 0 Å². The Kier molecular flexibility index (Phi) is 2.15. The molecular formula is C7H7FN2O. The van der Waals surface area contributed by atoms with Crippen molar-refractivity contribution in [3.8, 4) is 0 Å². The van der Waals surface area contributed by atoms with Crippen molar-refractivity contribution >= 4 is 5.76 Å². The van der Waals surface area contributed by atoms with E-state index in [1.807, 2.05) is 0 Å². The maximum atomic E-state index is 12.3. The van der Waals surface area contributed by atoms with E-state index >= 15 is 0 Å². The summed E-state index contributed by atoms with van der Waals surface area (Å²) in [6.07, 6.45) is 2.12. The Balaban J connectivity index is 2.90. The number of rotatable bonds is 2. The van der Waals surface area contributed by atoms with Gasteiger partial charge < -0.3 is 4.74 Å². The first-order valence-electron chi connectivity index (χ1n) is 2.95. The first-order chi connectivity index (χ1) is 5.24. The van der Waals surface area contributed by atoms with E-state index in [0.717, 1.165) is 12.4 Å². The van der Waals surface area contributed by atoms with Gasteiger partial charge in [-0.1, -0.05) is 6.58 Å². The second-order valence-corrected chi connectivity index (χ2v) is 1.85. The molecule has 0 unspecified atom stereocenters. The van der Waals surface area contributed by atoms with Crippen molar-refractivity contribution in [3.63, 3.8) is 0 Å². The van der Waals surface area contributed by atoms with Crippen molar-refractivity contribution in [2.45, 2.75) is 0 Å². The molecule has 0 fully saturated rings. The van der Waals surface area contributed by atoms with Crippen molar-refractivity contribution in [2.75, 3.05) is 7.11 Å². The minimum atomic E-state index is -0.474. The zero-order valence-corrected chi connectivity index (χ0v) is 6.04. The fraction of sp³-hybridized carbons (Fsp3) is 0.143. The zero-order valence-electron chi connectivity index (χ0n) is 6.04. The van der Waals surface area contributed by atoms with Gasteiger partial charge in [0.2, 0.25) is 0 Å². The van der Waals surface area contributed by atoms with Crippen molar-refractivity contribution < 1.29 is 9.13 Å². The van der Waals surface area contributed by atoms with Crippen LogP contribution < -0.4 is 0 Å². The standard InChI is InChI=1S/C7H7FN2O/c1-5(11-2)7-9-3-6(8)4-10-7/h3-4H,1H2,2H3. The maximum Gasteiger partial charge on any atom is 0.194 e. The highest BCUT2D eigenvalue weighted by atomic mass is 19.1. The SMILES string of the molecule is C=C(OC)c1ncc(F)cn1. The topological polar surface area (TPSA) is 35.0 Å². The van der Waals surface area contributed by atoms with Crippen LogP contribution in [0.15, 0.2) is 19.0 Å². The van der Waals surface area contributed by atoms with Crippen LogP contribution in [0.5, 0.6) is 0 Å². The molecule has 0 spiro atoms. The van der Waals surface area contributed by atoms with E-state index in [0.29, 0.717) is 11.6 Å². The molecule has 0 amide bonds. The monoisotopic (exact) mass is 154 g/mol. The number of nitrogens with zero attached hydrogens (tertiary/aromatic N) is 2. The fourth-order valence-corrected chi connectivity index (χ4v) is 0.548. The van der Waals surface area contributed by atoms with Crippen LogP contribution in [-0.2, 0) is 4.74 Å². The molecule has 0 saturated carbocycles.